The van der Waals surface area contributed by atoms with Crippen LogP contribution >= 0.6 is 0 Å². The van der Waals surface area contributed by atoms with Crippen LogP contribution in [0.1, 0.15) is 12.5 Å². The fourth-order valence-electron chi connectivity index (χ4n) is 1.77. The van der Waals surface area contributed by atoms with Crippen LogP contribution in [0.25, 0.3) is 0 Å². The number of hydrogen-bond donors (Lipinski definition) is 1. The highest BCUT2D eigenvalue weighted by molar-refractivity contribution is 5.94. The third-order valence-electron chi connectivity index (χ3n) is 2.94. The summed E-state index contributed by atoms with van der Waals surface area (Å²) < 4.78 is 31.2. The maximum atomic E-state index is 13.0. The van der Waals surface area contributed by atoms with Crippen LogP contribution in [0.4, 0.5) is 14.5 Å². The fraction of sp³-hybridized carbons (Fsp3) is 0.188. The quantitative estimate of drug-likeness (QED) is 0.933. The Labute approximate surface area is 121 Å². The van der Waals surface area contributed by atoms with Crippen molar-refractivity contribution in [1.29, 1.82) is 0 Å². The van der Waals surface area contributed by atoms with Crippen LogP contribution in [-0.4, -0.2) is 12.0 Å². The third kappa shape index (κ3) is 4.02. The minimum absolute atomic E-state index is 0.360. The highest BCUT2D eigenvalue weighted by Crippen LogP contribution is 2.17. The molecule has 0 heterocycles. The van der Waals surface area contributed by atoms with Gasteiger partial charge in [-0.25, -0.2) is 8.78 Å². The van der Waals surface area contributed by atoms with Crippen LogP contribution in [0.3, 0.4) is 0 Å². The molecule has 0 fully saturated rings. The Kier molecular flexibility index (Phi) is 4.52. The summed E-state index contributed by atoms with van der Waals surface area (Å²) in [6, 6.07) is 9.50. The Balaban J connectivity index is 2.00. The average molecular weight is 291 g/mol. The first-order valence-corrected chi connectivity index (χ1v) is 6.45. The Hall–Kier alpha value is -2.43. The average Bonchev–Trinajstić information content (AvgIpc) is 2.44. The van der Waals surface area contributed by atoms with Gasteiger partial charge in [0.1, 0.15) is 17.4 Å². The molecule has 0 aliphatic rings. The summed E-state index contributed by atoms with van der Waals surface area (Å²) >= 11 is 0. The second-order valence-corrected chi connectivity index (χ2v) is 4.66. The second-order valence-electron chi connectivity index (χ2n) is 4.66. The summed E-state index contributed by atoms with van der Waals surface area (Å²) in [6.07, 6.45) is -0.764. The summed E-state index contributed by atoms with van der Waals surface area (Å²) in [6.45, 7) is 3.28. The number of carbonyl (C=O) groups excluding carboxylic acids is 1. The molecule has 0 aromatic heterocycles. The van der Waals surface area contributed by atoms with Gasteiger partial charge in [-0.3, -0.25) is 4.79 Å². The zero-order chi connectivity index (χ0) is 15.4. The molecule has 0 spiro atoms. The molecule has 1 N–H and O–H groups in total. The van der Waals surface area contributed by atoms with E-state index >= 15 is 0 Å². The first-order valence-electron chi connectivity index (χ1n) is 6.45. The largest absolute Gasteiger partial charge is 0.481 e. The number of nitrogens with one attached hydrogen (secondary N) is 1. The second kappa shape index (κ2) is 6.35. The summed E-state index contributed by atoms with van der Waals surface area (Å²) in [5.74, 6) is -0.702. The molecule has 21 heavy (non-hydrogen) atoms. The van der Waals surface area contributed by atoms with Crippen molar-refractivity contribution in [2.75, 3.05) is 5.32 Å². The summed E-state index contributed by atoms with van der Waals surface area (Å²) in [5.41, 5.74) is 1.15. The summed E-state index contributed by atoms with van der Waals surface area (Å²) in [4.78, 5) is 12.0. The van der Waals surface area contributed by atoms with Crippen LogP contribution in [0.5, 0.6) is 5.75 Å². The van der Waals surface area contributed by atoms with Gasteiger partial charge < -0.3 is 10.1 Å². The van der Waals surface area contributed by atoms with Crippen molar-refractivity contribution >= 4 is 11.6 Å². The molecule has 0 radical (unpaired) electrons. The molecule has 1 unspecified atom stereocenters. The van der Waals surface area contributed by atoms with Crippen molar-refractivity contribution < 1.29 is 18.3 Å². The van der Waals surface area contributed by atoms with Crippen LogP contribution in [-0.2, 0) is 4.79 Å². The van der Waals surface area contributed by atoms with Crippen molar-refractivity contribution in [1.82, 2.24) is 0 Å². The molecule has 2 aromatic rings. The number of ether oxygens (including phenoxy) is 1. The van der Waals surface area contributed by atoms with Crippen LogP contribution in [0.2, 0.25) is 0 Å². The lowest BCUT2D eigenvalue weighted by Crippen LogP contribution is -2.30. The molecule has 0 saturated heterocycles. The summed E-state index contributed by atoms with van der Waals surface area (Å²) in [5, 5.41) is 2.66. The number of halogens is 2. The highest BCUT2D eigenvalue weighted by Gasteiger charge is 2.15. The molecule has 110 valence electrons. The molecule has 0 bridgehead atoms. The summed E-state index contributed by atoms with van der Waals surface area (Å²) in [7, 11) is 0. The monoisotopic (exact) mass is 291 g/mol. The Morgan fingerprint density at radius 2 is 1.71 bits per heavy atom. The lowest BCUT2D eigenvalue weighted by Gasteiger charge is -2.15. The Morgan fingerprint density at radius 1 is 1.10 bits per heavy atom. The zero-order valence-corrected chi connectivity index (χ0v) is 11.7. The molecule has 3 nitrogen and oxygen atoms in total. The predicted molar refractivity (Wildman–Crippen MR) is 76.3 cm³/mol. The molecule has 0 aliphatic carbocycles. The van der Waals surface area contributed by atoms with Crippen LogP contribution in [0.15, 0.2) is 42.5 Å². The molecule has 0 aliphatic heterocycles. The lowest BCUT2D eigenvalue weighted by molar-refractivity contribution is -0.122. The van der Waals surface area contributed by atoms with E-state index in [1.165, 1.54) is 42.5 Å². The normalized spacial score (nSPS) is 11.8. The van der Waals surface area contributed by atoms with E-state index in [0.717, 1.165) is 0 Å². The molecule has 2 rings (SSSR count). The van der Waals surface area contributed by atoms with Gasteiger partial charge in [0.05, 0.1) is 0 Å². The van der Waals surface area contributed by atoms with E-state index in [1.807, 2.05) is 0 Å². The minimum Gasteiger partial charge on any atom is -0.481 e. The zero-order valence-electron chi connectivity index (χ0n) is 11.7. The SMILES string of the molecule is Cc1cc(F)ccc1NC(=O)C(C)Oc1ccc(F)cc1. The van der Waals surface area contributed by atoms with Crippen molar-refractivity contribution in [2.45, 2.75) is 20.0 Å². The van der Waals surface area contributed by atoms with Gasteiger partial charge in [0.2, 0.25) is 0 Å². The number of aryl methyl sites for hydroxylation is 1. The molecule has 0 saturated carbocycles. The number of carbonyl (C=O) groups is 1. The van der Waals surface area contributed by atoms with Gasteiger partial charge >= 0.3 is 0 Å². The van der Waals surface area contributed by atoms with E-state index in [2.05, 4.69) is 5.32 Å². The van der Waals surface area contributed by atoms with Gasteiger partial charge in [-0.05, 0) is 61.9 Å². The molecular weight excluding hydrogens is 276 g/mol. The van der Waals surface area contributed by atoms with Crippen LogP contribution < -0.4 is 10.1 Å². The molecule has 5 heteroatoms. The number of benzene rings is 2. The Bertz CT molecular complexity index is 641. The number of anilines is 1. The van der Waals surface area contributed by atoms with Crippen molar-refractivity contribution in [3.63, 3.8) is 0 Å². The number of rotatable bonds is 4. The topological polar surface area (TPSA) is 38.3 Å². The van der Waals surface area contributed by atoms with Gasteiger partial charge in [-0.1, -0.05) is 0 Å². The maximum Gasteiger partial charge on any atom is 0.265 e. The van der Waals surface area contributed by atoms with E-state index in [-0.39, 0.29) is 17.5 Å². The van der Waals surface area contributed by atoms with Gasteiger partial charge in [0, 0.05) is 5.69 Å². The van der Waals surface area contributed by atoms with Crippen molar-refractivity contribution in [3.8, 4) is 5.75 Å². The fourth-order valence-corrected chi connectivity index (χ4v) is 1.77. The van der Waals surface area contributed by atoms with E-state index in [1.54, 1.807) is 13.8 Å². The van der Waals surface area contributed by atoms with Crippen molar-refractivity contribution in [2.24, 2.45) is 0 Å². The van der Waals surface area contributed by atoms with Gasteiger partial charge in [-0.2, -0.15) is 0 Å². The molecule has 1 amide bonds. The van der Waals surface area contributed by atoms with Gasteiger partial charge in [-0.15, -0.1) is 0 Å². The van der Waals surface area contributed by atoms with Gasteiger partial charge in [0.25, 0.3) is 5.91 Å². The number of amides is 1. The number of hydrogen-bond acceptors (Lipinski definition) is 2. The predicted octanol–water partition coefficient (Wildman–Crippen LogP) is 3.68. The van der Waals surface area contributed by atoms with E-state index < -0.39 is 6.10 Å². The first kappa shape index (κ1) is 15.0. The standard InChI is InChI=1S/C16H15F2NO2/c1-10-9-13(18)5-8-15(10)19-16(20)11(2)21-14-6-3-12(17)4-7-14/h3-9,11H,1-2H3,(H,19,20). The van der Waals surface area contributed by atoms with E-state index in [4.69, 9.17) is 4.74 Å². The van der Waals surface area contributed by atoms with Crippen LogP contribution in [0, 0.1) is 18.6 Å². The maximum absolute atomic E-state index is 13.0. The van der Waals surface area contributed by atoms with Gasteiger partial charge in [0.15, 0.2) is 6.10 Å². The molecule has 1 atom stereocenters. The first-order chi connectivity index (χ1) is 9.95. The third-order valence-corrected chi connectivity index (χ3v) is 2.94. The lowest BCUT2D eigenvalue weighted by atomic mass is 10.2. The minimum atomic E-state index is -0.764. The Morgan fingerprint density at radius 3 is 2.33 bits per heavy atom. The highest BCUT2D eigenvalue weighted by atomic mass is 19.1. The smallest absolute Gasteiger partial charge is 0.265 e. The van der Waals surface area contributed by atoms with Crippen molar-refractivity contribution in [3.05, 3.63) is 59.7 Å². The van der Waals surface area contributed by atoms with E-state index in [9.17, 15) is 13.6 Å². The molecular formula is C16H15F2NO2. The molecule has 2 aromatic carbocycles. The van der Waals surface area contributed by atoms with E-state index in [0.29, 0.717) is 17.0 Å².